The van der Waals surface area contributed by atoms with Crippen molar-refractivity contribution in [2.24, 2.45) is 0 Å². The zero-order valence-corrected chi connectivity index (χ0v) is 8.21. The number of aliphatic hydroxyl groups is 1. The van der Waals surface area contributed by atoms with E-state index in [2.05, 4.69) is 13.0 Å². The van der Waals surface area contributed by atoms with E-state index in [9.17, 15) is 0 Å². The molecule has 0 saturated carbocycles. The molecule has 0 unspecified atom stereocenters. The minimum absolute atomic E-state index is 0.166. The van der Waals surface area contributed by atoms with Crippen LogP contribution >= 0.6 is 0 Å². The Balaban J connectivity index is 3.36. The zero-order valence-electron chi connectivity index (χ0n) is 8.21. The molecular formula is C11H20O. The van der Waals surface area contributed by atoms with Crippen molar-refractivity contribution >= 4 is 0 Å². The molecule has 1 N–H and O–H groups in total. The second kappa shape index (κ2) is 8.54. The van der Waals surface area contributed by atoms with Crippen LogP contribution < -0.4 is 0 Å². The van der Waals surface area contributed by atoms with Crippen molar-refractivity contribution in [2.75, 3.05) is 6.61 Å². The van der Waals surface area contributed by atoms with Gasteiger partial charge in [-0.1, -0.05) is 38.0 Å². The molecule has 0 spiro atoms. The van der Waals surface area contributed by atoms with Crippen LogP contribution in [0.2, 0.25) is 0 Å². The molecule has 0 aromatic heterocycles. The van der Waals surface area contributed by atoms with Crippen LogP contribution in [0.25, 0.3) is 0 Å². The summed E-state index contributed by atoms with van der Waals surface area (Å²) < 4.78 is 0. The number of hydrogen-bond donors (Lipinski definition) is 1. The first-order chi connectivity index (χ1) is 5.81. The Kier molecular flexibility index (Phi) is 8.14. The van der Waals surface area contributed by atoms with Crippen LogP contribution in [0.15, 0.2) is 23.8 Å². The van der Waals surface area contributed by atoms with E-state index in [0.717, 1.165) is 12.0 Å². The smallest absolute Gasteiger partial charge is 0.0642 e. The lowest BCUT2D eigenvalue weighted by Crippen LogP contribution is -1.81. The third-order valence-electron chi connectivity index (χ3n) is 1.74. The average Bonchev–Trinajstić information content (AvgIpc) is 2.10. The van der Waals surface area contributed by atoms with E-state index >= 15 is 0 Å². The van der Waals surface area contributed by atoms with Crippen molar-refractivity contribution in [3.63, 3.8) is 0 Å². The summed E-state index contributed by atoms with van der Waals surface area (Å²) in [5.41, 5.74) is 1.02. The highest BCUT2D eigenvalue weighted by atomic mass is 16.3. The maximum Gasteiger partial charge on any atom is 0.0642 e. The fraction of sp³-hybridized carbons (Fsp3) is 0.636. The van der Waals surface area contributed by atoms with Crippen LogP contribution in [0.1, 0.15) is 39.5 Å². The van der Waals surface area contributed by atoms with Crippen molar-refractivity contribution < 1.29 is 5.11 Å². The molecular weight excluding hydrogens is 148 g/mol. The molecule has 0 bridgehead atoms. The van der Waals surface area contributed by atoms with Crippen molar-refractivity contribution in [1.29, 1.82) is 0 Å². The fourth-order valence-corrected chi connectivity index (χ4v) is 0.893. The van der Waals surface area contributed by atoms with Gasteiger partial charge in [0.15, 0.2) is 0 Å². The second-order valence-corrected chi connectivity index (χ2v) is 3.10. The Bertz CT molecular complexity index is 145. The number of unbranched alkanes of at least 4 members (excludes halogenated alkanes) is 3. The summed E-state index contributed by atoms with van der Waals surface area (Å²) in [6.45, 7) is 4.30. The highest BCUT2D eigenvalue weighted by molar-refractivity contribution is 5.10. The lowest BCUT2D eigenvalue weighted by Gasteiger charge is -1.91. The van der Waals surface area contributed by atoms with Crippen molar-refractivity contribution in [1.82, 2.24) is 0 Å². The van der Waals surface area contributed by atoms with E-state index in [1.165, 1.54) is 19.3 Å². The summed E-state index contributed by atoms with van der Waals surface area (Å²) in [5.74, 6) is 0. The summed E-state index contributed by atoms with van der Waals surface area (Å²) in [4.78, 5) is 0. The lowest BCUT2D eigenvalue weighted by atomic mass is 10.2. The van der Waals surface area contributed by atoms with Gasteiger partial charge >= 0.3 is 0 Å². The summed E-state index contributed by atoms with van der Waals surface area (Å²) in [6, 6.07) is 0. The van der Waals surface area contributed by atoms with E-state index in [1.54, 1.807) is 0 Å². The molecule has 0 aromatic rings. The molecule has 0 rings (SSSR count). The lowest BCUT2D eigenvalue weighted by molar-refractivity contribution is 0.331. The van der Waals surface area contributed by atoms with E-state index < -0.39 is 0 Å². The number of aliphatic hydroxyl groups excluding tert-OH is 1. The van der Waals surface area contributed by atoms with Gasteiger partial charge < -0.3 is 5.11 Å². The van der Waals surface area contributed by atoms with Gasteiger partial charge in [0.25, 0.3) is 0 Å². The van der Waals surface area contributed by atoms with Gasteiger partial charge in [0.05, 0.1) is 6.61 Å². The molecule has 0 aromatic carbocycles. The molecule has 0 amide bonds. The Morgan fingerprint density at radius 3 is 2.67 bits per heavy atom. The van der Waals surface area contributed by atoms with Gasteiger partial charge in [0, 0.05) is 0 Å². The molecule has 0 aliphatic carbocycles. The third kappa shape index (κ3) is 7.55. The fourth-order valence-electron chi connectivity index (χ4n) is 0.893. The minimum atomic E-state index is 0.166. The topological polar surface area (TPSA) is 20.2 Å². The highest BCUT2D eigenvalue weighted by Gasteiger charge is 1.81. The first-order valence-electron chi connectivity index (χ1n) is 4.74. The maximum absolute atomic E-state index is 8.67. The molecule has 0 aliphatic heterocycles. The van der Waals surface area contributed by atoms with Crippen LogP contribution in [0, 0.1) is 0 Å². The largest absolute Gasteiger partial charge is 0.392 e. The van der Waals surface area contributed by atoms with Gasteiger partial charge in [-0.3, -0.25) is 0 Å². The van der Waals surface area contributed by atoms with Gasteiger partial charge in [0.2, 0.25) is 0 Å². The van der Waals surface area contributed by atoms with Gasteiger partial charge in [-0.05, 0) is 25.3 Å². The first-order valence-corrected chi connectivity index (χ1v) is 4.74. The monoisotopic (exact) mass is 168 g/mol. The van der Waals surface area contributed by atoms with Gasteiger partial charge in [-0.25, -0.2) is 0 Å². The Morgan fingerprint density at radius 2 is 2.08 bits per heavy atom. The Labute approximate surface area is 75.8 Å². The summed E-state index contributed by atoms with van der Waals surface area (Å²) in [7, 11) is 0. The molecule has 0 heterocycles. The van der Waals surface area contributed by atoms with E-state index in [1.807, 2.05) is 19.1 Å². The predicted octanol–water partition coefficient (Wildman–Crippen LogP) is 3.06. The zero-order chi connectivity index (χ0) is 9.23. The van der Waals surface area contributed by atoms with Gasteiger partial charge in [-0.2, -0.15) is 0 Å². The molecule has 0 atom stereocenters. The Morgan fingerprint density at radius 1 is 1.33 bits per heavy atom. The predicted molar refractivity (Wildman–Crippen MR) is 54.1 cm³/mol. The number of hydrogen-bond acceptors (Lipinski definition) is 1. The SMILES string of the molecule is CCCCC/C=C/C=C(\C)CO. The molecule has 12 heavy (non-hydrogen) atoms. The second-order valence-electron chi connectivity index (χ2n) is 3.10. The van der Waals surface area contributed by atoms with Crippen molar-refractivity contribution in [3.8, 4) is 0 Å². The highest BCUT2D eigenvalue weighted by Crippen LogP contribution is 2.00. The van der Waals surface area contributed by atoms with Crippen LogP contribution in [0.5, 0.6) is 0 Å². The number of allylic oxidation sites excluding steroid dienone is 3. The van der Waals surface area contributed by atoms with Crippen molar-refractivity contribution in [3.05, 3.63) is 23.8 Å². The van der Waals surface area contributed by atoms with Crippen LogP contribution in [0.3, 0.4) is 0 Å². The molecule has 1 nitrogen and oxygen atoms in total. The average molecular weight is 168 g/mol. The Hall–Kier alpha value is -0.560. The van der Waals surface area contributed by atoms with Crippen LogP contribution in [-0.4, -0.2) is 11.7 Å². The minimum Gasteiger partial charge on any atom is -0.392 e. The quantitative estimate of drug-likeness (QED) is 0.477. The third-order valence-corrected chi connectivity index (χ3v) is 1.74. The molecule has 1 heteroatoms. The molecule has 0 radical (unpaired) electrons. The standard InChI is InChI=1S/C11H20O/c1-3-4-5-6-7-8-9-11(2)10-12/h7-9,12H,3-6,10H2,1-2H3/b8-7+,11-9+. The normalized spacial score (nSPS) is 12.8. The molecule has 0 fully saturated rings. The summed E-state index contributed by atoms with van der Waals surface area (Å²) >= 11 is 0. The van der Waals surface area contributed by atoms with Gasteiger partial charge in [0.1, 0.15) is 0 Å². The summed E-state index contributed by atoms with van der Waals surface area (Å²) in [5, 5.41) is 8.67. The molecule has 0 saturated heterocycles. The number of rotatable bonds is 6. The first kappa shape index (κ1) is 11.4. The van der Waals surface area contributed by atoms with Crippen LogP contribution in [0.4, 0.5) is 0 Å². The summed E-state index contributed by atoms with van der Waals surface area (Å²) in [6.07, 6.45) is 11.2. The van der Waals surface area contributed by atoms with Crippen LogP contribution in [-0.2, 0) is 0 Å². The van der Waals surface area contributed by atoms with E-state index in [4.69, 9.17) is 5.11 Å². The van der Waals surface area contributed by atoms with E-state index in [0.29, 0.717) is 0 Å². The van der Waals surface area contributed by atoms with Gasteiger partial charge in [-0.15, -0.1) is 0 Å². The maximum atomic E-state index is 8.67. The van der Waals surface area contributed by atoms with E-state index in [-0.39, 0.29) is 6.61 Å². The molecule has 70 valence electrons. The molecule has 0 aliphatic rings. The van der Waals surface area contributed by atoms with Crippen molar-refractivity contribution in [2.45, 2.75) is 39.5 Å².